The highest BCUT2D eigenvalue weighted by molar-refractivity contribution is 6.44. The quantitative estimate of drug-likeness (QED) is 0.804. The third-order valence-electron chi connectivity index (χ3n) is 2.70. The summed E-state index contributed by atoms with van der Waals surface area (Å²) in [6, 6.07) is 3.86. The summed E-state index contributed by atoms with van der Waals surface area (Å²) in [6.07, 6.45) is 0. The fourth-order valence-electron chi connectivity index (χ4n) is 1.99. The molecule has 0 fully saturated rings. The van der Waals surface area contributed by atoms with Crippen LogP contribution in [0, 0.1) is 0 Å². The second-order valence-electron chi connectivity index (χ2n) is 3.61. The van der Waals surface area contributed by atoms with Crippen LogP contribution in [-0.4, -0.2) is 20.1 Å². The Morgan fingerprint density at radius 3 is 2.86 bits per heavy atom. The molecule has 2 nitrogen and oxygen atoms in total. The predicted octanol–water partition coefficient (Wildman–Crippen LogP) is 2.49. The Hall–Kier alpha value is -0.440. The first-order valence-corrected chi connectivity index (χ1v) is 5.30. The van der Waals surface area contributed by atoms with E-state index in [9.17, 15) is 0 Å². The summed E-state index contributed by atoms with van der Waals surface area (Å²) >= 11 is 12.1. The largest absolute Gasteiger partial charge is 0.372 e. The van der Waals surface area contributed by atoms with Crippen molar-refractivity contribution in [2.45, 2.75) is 5.92 Å². The van der Waals surface area contributed by atoms with Crippen molar-refractivity contribution in [1.82, 2.24) is 0 Å². The van der Waals surface area contributed by atoms with Crippen molar-refractivity contribution in [3.8, 4) is 0 Å². The van der Waals surface area contributed by atoms with Gasteiger partial charge >= 0.3 is 0 Å². The monoisotopic (exact) mass is 230 g/mol. The van der Waals surface area contributed by atoms with Crippen LogP contribution in [-0.2, 0) is 0 Å². The van der Waals surface area contributed by atoms with E-state index in [1.54, 1.807) is 0 Å². The van der Waals surface area contributed by atoms with Gasteiger partial charge < -0.3 is 10.6 Å². The fourth-order valence-corrected chi connectivity index (χ4v) is 2.46. The molecule has 2 N–H and O–H groups in total. The summed E-state index contributed by atoms with van der Waals surface area (Å²) in [5, 5.41) is 1.25. The molecule has 0 radical (unpaired) electrons. The molecule has 1 aliphatic rings. The maximum absolute atomic E-state index is 6.14. The highest BCUT2D eigenvalue weighted by Crippen LogP contribution is 2.43. The molecule has 76 valence electrons. The number of fused-ring (bicyclic) bond motifs is 1. The number of benzene rings is 1. The zero-order valence-electron chi connectivity index (χ0n) is 7.93. The van der Waals surface area contributed by atoms with Gasteiger partial charge in [-0.1, -0.05) is 29.3 Å². The van der Waals surface area contributed by atoms with E-state index >= 15 is 0 Å². The molecule has 0 saturated carbocycles. The van der Waals surface area contributed by atoms with Crippen molar-refractivity contribution in [3.05, 3.63) is 27.7 Å². The maximum atomic E-state index is 6.14. The van der Waals surface area contributed by atoms with Crippen molar-refractivity contribution in [2.75, 3.05) is 25.0 Å². The molecular weight excluding hydrogens is 219 g/mol. The summed E-state index contributed by atoms with van der Waals surface area (Å²) in [7, 11) is 2.01. The van der Waals surface area contributed by atoms with Gasteiger partial charge in [-0.05, 0) is 11.6 Å². The van der Waals surface area contributed by atoms with Gasteiger partial charge in [0.05, 0.1) is 15.7 Å². The van der Waals surface area contributed by atoms with Crippen LogP contribution in [0.5, 0.6) is 0 Å². The van der Waals surface area contributed by atoms with Gasteiger partial charge in [-0.25, -0.2) is 0 Å². The average Bonchev–Trinajstić information content (AvgIpc) is 2.49. The van der Waals surface area contributed by atoms with Crippen LogP contribution >= 0.6 is 23.2 Å². The van der Waals surface area contributed by atoms with Gasteiger partial charge in [0.2, 0.25) is 0 Å². The topological polar surface area (TPSA) is 29.3 Å². The SMILES string of the molecule is CN1CC(CN)c2ccc(Cl)c(Cl)c21. The van der Waals surface area contributed by atoms with Gasteiger partial charge in [-0.15, -0.1) is 0 Å². The van der Waals surface area contributed by atoms with E-state index in [1.807, 2.05) is 19.2 Å². The Labute approximate surface area is 93.6 Å². The van der Waals surface area contributed by atoms with Crippen molar-refractivity contribution in [1.29, 1.82) is 0 Å². The van der Waals surface area contributed by atoms with Crippen LogP contribution < -0.4 is 10.6 Å². The van der Waals surface area contributed by atoms with Crippen molar-refractivity contribution in [3.63, 3.8) is 0 Å². The molecule has 14 heavy (non-hydrogen) atoms. The first-order chi connectivity index (χ1) is 6.65. The van der Waals surface area contributed by atoms with Gasteiger partial charge in [0, 0.05) is 26.1 Å². The number of hydrogen-bond donors (Lipinski definition) is 1. The van der Waals surface area contributed by atoms with E-state index in [-0.39, 0.29) is 0 Å². The number of nitrogens with two attached hydrogens (primary N) is 1. The van der Waals surface area contributed by atoms with Crippen LogP contribution in [0.3, 0.4) is 0 Å². The van der Waals surface area contributed by atoms with E-state index in [0.717, 1.165) is 12.2 Å². The zero-order valence-corrected chi connectivity index (χ0v) is 9.44. The molecule has 0 saturated heterocycles. The van der Waals surface area contributed by atoms with E-state index in [2.05, 4.69) is 4.90 Å². The minimum absolute atomic E-state index is 0.379. The Balaban J connectivity index is 2.56. The molecule has 0 amide bonds. The summed E-state index contributed by atoms with van der Waals surface area (Å²) in [5.74, 6) is 0.379. The van der Waals surface area contributed by atoms with E-state index < -0.39 is 0 Å². The molecular formula is C10H12Cl2N2. The Morgan fingerprint density at radius 2 is 2.21 bits per heavy atom. The van der Waals surface area contributed by atoms with Crippen LogP contribution in [0.1, 0.15) is 11.5 Å². The second-order valence-corrected chi connectivity index (χ2v) is 4.40. The van der Waals surface area contributed by atoms with Crippen molar-refractivity contribution in [2.24, 2.45) is 5.73 Å². The standard InChI is InChI=1S/C10H12Cl2N2/c1-14-5-6(4-13)7-2-3-8(11)9(12)10(7)14/h2-3,6H,4-5,13H2,1H3. The Morgan fingerprint density at radius 1 is 1.50 bits per heavy atom. The summed E-state index contributed by atoms with van der Waals surface area (Å²) in [6.45, 7) is 1.57. The highest BCUT2D eigenvalue weighted by Gasteiger charge is 2.28. The number of anilines is 1. The number of rotatable bonds is 1. The summed E-state index contributed by atoms with van der Waals surface area (Å²) in [5.41, 5.74) is 7.95. The second kappa shape index (κ2) is 3.61. The minimum Gasteiger partial charge on any atom is -0.372 e. The number of nitrogens with zero attached hydrogens (tertiary/aromatic N) is 1. The highest BCUT2D eigenvalue weighted by atomic mass is 35.5. The minimum atomic E-state index is 0.379. The molecule has 1 atom stereocenters. The zero-order chi connectivity index (χ0) is 10.3. The smallest absolute Gasteiger partial charge is 0.0828 e. The molecule has 1 aromatic rings. The molecule has 0 spiro atoms. The predicted molar refractivity (Wildman–Crippen MR) is 61.5 cm³/mol. The molecule has 1 aliphatic heterocycles. The fraction of sp³-hybridized carbons (Fsp3) is 0.400. The van der Waals surface area contributed by atoms with Crippen LogP contribution in [0.4, 0.5) is 5.69 Å². The van der Waals surface area contributed by atoms with Crippen molar-refractivity contribution >= 4 is 28.9 Å². The van der Waals surface area contributed by atoms with Crippen LogP contribution in [0.15, 0.2) is 12.1 Å². The molecule has 4 heteroatoms. The molecule has 0 bridgehead atoms. The molecule has 0 aromatic heterocycles. The first-order valence-electron chi connectivity index (χ1n) is 4.54. The molecule has 0 aliphatic carbocycles. The lowest BCUT2D eigenvalue weighted by Crippen LogP contribution is -2.20. The van der Waals surface area contributed by atoms with E-state index in [4.69, 9.17) is 28.9 Å². The lowest BCUT2D eigenvalue weighted by molar-refractivity contribution is 0.730. The lowest BCUT2D eigenvalue weighted by Gasteiger charge is -2.13. The number of hydrogen-bond acceptors (Lipinski definition) is 2. The van der Waals surface area contributed by atoms with Gasteiger partial charge in [-0.2, -0.15) is 0 Å². The first kappa shape index (κ1) is 10.1. The summed E-state index contributed by atoms with van der Waals surface area (Å²) < 4.78 is 0. The normalized spacial score (nSPS) is 20.0. The Bertz CT molecular complexity index is 365. The third kappa shape index (κ3) is 1.38. The lowest BCUT2D eigenvalue weighted by atomic mass is 10.0. The number of halogens is 2. The van der Waals surface area contributed by atoms with Gasteiger partial charge in [0.1, 0.15) is 0 Å². The molecule has 1 aromatic carbocycles. The van der Waals surface area contributed by atoms with E-state index in [0.29, 0.717) is 22.5 Å². The third-order valence-corrected chi connectivity index (χ3v) is 3.49. The molecule has 1 unspecified atom stereocenters. The molecule has 1 heterocycles. The van der Waals surface area contributed by atoms with Gasteiger partial charge in [0.25, 0.3) is 0 Å². The van der Waals surface area contributed by atoms with Crippen molar-refractivity contribution < 1.29 is 0 Å². The number of likely N-dealkylation sites (N-methyl/N-ethyl adjacent to an activating group) is 1. The molecule has 2 rings (SSSR count). The average molecular weight is 231 g/mol. The van der Waals surface area contributed by atoms with Gasteiger partial charge in [0.15, 0.2) is 0 Å². The Kier molecular flexibility index (Phi) is 2.60. The maximum Gasteiger partial charge on any atom is 0.0828 e. The van der Waals surface area contributed by atoms with Gasteiger partial charge in [-0.3, -0.25) is 0 Å². The van der Waals surface area contributed by atoms with Crippen LogP contribution in [0.2, 0.25) is 10.0 Å². The summed E-state index contributed by atoms with van der Waals surface area (Å²) in [4.78, 5) is 2.11. The van der Waals surface area contributed by atoms with E-state index in [1.165, 1.54) is 5.56 Å². The van der Waals surface area contributed by atoms with Crippen LogP contribution in [0.25, 0.3) is 0 Å².